The number of benzene rings is 2. The van der Waals surface area contributed by atoms with Crippen LogP contribution in [0.25, 0.3) is 11.1 Å². The lowest BCUT2D eigenvalue weighted by molar-refractivity contribution is 0.410. The largest absolute Gasteiger partial charge is 0.496 e. The van der Waals surface area contributed by atoms with Gasteiger partial charge in [0.25, 0.3) is 0 Å². The van der Waals surface area contributed by atoms with Gasteiger partial charge in [-0.25, -0.2) is 0 Å². The molecule has 0 radical (unpaired) electrons. The fourth-order valence-electron chi connectivity index (χ4n) is 3.03. The molecule has 2 N–H and O–H groups in total. The van der Waals surface area contributed by atoms with E-state index in [0.717, 1.165) is 11.3 Å². The van der Waals surface area contributed by atoms with Gasteiger partial charge in [0, 0.05) is 12.1 Å². The van der Waals surface area contributed by atoms with Crippen LogP contribution in [0, 0.1) is 34.6 Å². The van der Waals surface area contributed by atoms with E-state index in [1.54, 1.807) is 7.11 Å². The van der Waals surface area contributed by atoms with Crippen molar-refractivity contribution in [3.05, 3.63) is 51.6 Å². The molecule has 2 heteroatoms. The van der Waals surface area contributed by atoms with Gasteiger partial charge in [0.05, 0.1) is 7.11 Å². The molecule has 0 spiro atoms. The zero-order chi connectivity index (χ0) is 15.7. The highest BCUT2D eigenvalue weighted by Gasteiger charge is 2.15. The fraction of sp³-hybridized carbons (Fsp3) is 0.368. The van der Waals surface area contributed by atoms with E-state index >= 15 is 0 Å². The number of nitrogens with two attached hydrogens (primary N) is 1. The Bertz CT molecular complexity index is 657. The lowest BCUT2D eigenvalue weighted by atomic mass is 9.86. The minimum atomic E-state index is 0.485. The van der Waals surface area contributed by atoms with E-state index in [-0.39, 0.29) is 0 Å². The van der Waals surface area contributed by atoms with Crippen molar-refractivity contribution in [2.45, 2.75) is 41.2 Å². The molecule has 0 saturated carbocycles. The predicted octanol–water partition coefficient (Wildman–Crippen LogP) is 4.36. The van der Waals surface area contributed by atoms with Crippen molar-refractivity contribution >= 4 is 0 Å². The first-order chi connectivity index (χ1) is 9.92. The van der Waals surface area contributed by atoms with E-state index in [0.29, 0.717) is 6.54 Å². The van der Waals surface area contributed by atoms with Gasteiger partial charge in [-0.05, 0) is 85.7 Å². The van der Waals surface area contributed by atoms with E-state index in [9.17, 15) is 0 Å². The molecular formula is C19H25NO. The molecule has 0 fully saturated rings. The molecule has 0 aliphatic carbocycles. The van der Waals surface area contributed by atoms with Gasteiger partial charge < -0.3 is 10.5 Å². The number of hydrogen-bond acceptors (Lipinski definition) is 2. The zero-order valence-corrected chi connectivity index (χ0v) is 13.9. The summed E-state index contributed by atoms with van der Waals surface area (Å²) in [5, 5.41) is 0. The van der Waals surface area contributed by atoms with Gasteiger partial charge in [0.1, 0.15) is 5.75 Å². The van der Waals surface area contributed by atoms with Crippen LogP contribution in [-0.2, 0) is 6.54 Å². The number of hydrogen-bond donors (Lipinski definition) is 1. The third-order valence-electron chi connectivity index (χ3n) is 4.79. The molecule has 0 unspecified atom stereocenters. The Morgan fingerprint density at radius 1 is 0.857 bits per heavy atom. The van der Waals surface area contributed by atoms with E-state index in [4.69, 9.17) is 10.5 Å². The van der Waals surface area contributed by atoms with E-state index in [1.807, 2.05) is 6.07 Å². The summed E-state index contributed by atoms with van der Waals surface area (Å²) in [5.74, 6) is 0.858. The molecule has 21 heavy (non-hydrogen) atoms. The second kappa shape index (κ2) is 5.90. The highest BCUT2D eigenvalue weighted by Crippen LogP contribution is 2.35. The Hall–Kier alpha value is -1.80. The molecule has 0 aromatic heterocycles. The second-order valence-electron chi connectivity index (χ2n) is 5.73. The van der Waals surface area contributed by atoms with Crippen molar-refractivity contribution in [2.24, 2.45) is 5.73 Å². The summed E-state index contributed by atoms with van der Waals surface area (Å²) in [6.45, 7) is 11.5. The Balaban J connectivity index is 2.73. The normalized spacial score (nSPS) is 10.8. The van der Waals surface area contributed by atoms with Gasteiger partial charge in [-0.1, -0.05) is 6.07 Å². The van der Waals surface area contributed by atoms with E-state index in [1.165, 1.54) is 38.9 Å². The molecule has 2 rings (SSSR count). The van der Waals surface area contributed by atoms with Gasteiger partial charge >= 0.3 is 0 Å². The third kappa shape index (κ3) is 2.56. The molecule has 0 aliphatic rings. The van der Waals surface area contributed by atoms with Crippen molar-refractivity contribution in [1.82, 2.24) is 0 Å². The van der Waals surface area contributed by atoms with Gasteiger partial charge in [-0.15, -0.1) is 0 Å². The minimum Gasteiger partial charge on any atom is -0.496 e. The van der Waals surface area contributed by atoms with Crippen molar-refractivity contribution in [2.75, 3.05) is 7.11 Å². The molecule has 0 saturated heterocycles. The molecule has 0 atom stereocenters. The Morgan fingerprint density at radius 3 is 1.86 bits per heavy atom. The summed E-state index contributed by atoms with van der Waals surface area (Å²) in [7, 11) is 1.69. The van der Waals surface area contributed by atoms with Crippen LogP contribution in [0.3, 0.4) is 0 Å². The van der Waals surface area contributed by atoms with Gasteiger partial charge in [-0.2, -0.15) is 0 Å². The van der Waals surface area contributed by atoms with Crippen molar-refractivity contribution in [3.8, 4) is 16.9 Å². The Morgan fingerprint density at radius 2 is 1.38 bits per heavy atom. The third-order valence-corrected chi connectivity index (χ3v) is 4.79. The van der Waals surface area contributed by atoms with Crippen LogP contribution in [0.2, 0.25) is 0 Å². The molecule has 2 aromatic rings. The maximum Gasteiger partial charge on any atom is 0.123 e. The monoisotopic (exact) mass is 283 g/mol. The van der Waals surface area contributed by atoms with Gasteiger partial charge in [0.15, 0.2) is 0 Å². The number of ether oxygens (including phenoxy) is 1. The van der Waals surface area contributed by atoms with Crippen LogP contribution in [-0.4, -0.2) is 7.11 Å². The standard InChI is InChI=1S/C19H25NO/c1-11-12(2)14(4)19(15(5)13(11)3)16-7-8-18(21-6)17(9-16)10-20/h7-9H,10,20H2,1-6H3. The van der Waals surface area contributed by atoms with E-state index in [2.05, 4.69) is 46.8 Å². The Kier molecular flexibility index (Phi) is 4.38. The van der Waals surface area contributed by atoms with E-state index < -0.39 is 0 Å². The summed E-state index contributed by atoms with van der Waals surface area (Å²) in [4.78, 5) is 0. The van der Waals surface area contributed by atoms with Crippen molar-refractivity contribution in [3.63, 3.8) is 0 Å². The summed E-state index contributed by atoms with van der Waals surface area (Å²) in [6.07, 6.45) is 0. The van der Waals surface area contributed by atoms with Crippen LogP contribution in [0.5, 0.6) is 5.75 Å². The fourth-order valence-corrected chi connectivity index (χ4v) is 3.03. The molecule has 2 nitrogen and oxygen atoms in total. The zero-order valence-electron chi connectivity index (χ0n) is 13.9. The average Bonchev–Trinajstić information content (AvgIpc) is 2.51. The van der Waals surface area contributed by atoms with Crippen molar-refractivity contribution in [1.29, 1.82) is 0 Å². The van der Waals surface area contributed by atoms with Crippen LogP contribution in [0.15, 0.2) is 18.2 Å². The maximum absolute atomic E-state index is 5.85. The summed E-state index contributed by atoms with van der Waals surface area (Å²) < 4.78 is 5.37. The van der Waals surface area contributed by atoms with Crippen LogP contribution < -0.4 is 10.5 Å². The lowest BCUT2D eigenvalue weighted by Gasteiger charge is -2.20. The summed E-state index contributed by atoms with van der Waals surface area (Å²) in [5.41, 5.74) is 16.3. The maximum atomic E-state index is 5.85. The summed E-state index contributed by atoms with van der Waals surface area (Å²) >= 11 is 0. The highest BCUT2D eigenvalue weighted by atomic mass is 16.5. The van der Waals surface area contributed by atoms with Gasteiger partial charge in [0.2, 0.25) is 0 Å². The average molecular weight is 283 g/mol. The second-order valence-corrected chi connectivity index (χ2v) is 5.73. The highest BCUT2D eigenvalue weighted by molar-refractivity contribution is 5.75. The van der Waals surface area contributed by atoms with Gasteiger partial charge in [-0.3, -0.25) is 0 Å². The van der Waals surface area contributed by atoms with Crippen molar-refractivity contribution < 1.29 is 4.74 Å². The molecule has 0 bridgehead atoms. The summed E-state index contributed by atoms with van der Waals surface area (Å²) in [6, 6.07) is 6.30. The first-order valence-electron chi connectivity index (χ1n) is 7.36. The van der Waals surface area contributed by atoms with Crippen LogP contribution in [0.1, 0.15) is 33.4 Å². The topological polar surface area (TPSA) is 35.2 Å². The van der Waals surface area contributed by atoms with Crippen LogP contribution >= 0.6 is 0 Å². The molecule has 112 valence electrons. The number of methoxy groups -OCH3 is 1. The molecule has 0 amide bonds. The smallest absolute Gasteiger partial charge is 0.123 e. The number of rotatable bonds is 3. The minimum absolute atomic E-state index is 0.485. The predicted molar refractivity (Wildman–Crippen MR) is 90.0 cm³/mol. The van der Waals surface area contributed by atoms with Crippen LogP contribution in [0.4, 0.5) is 0 Å². The Labute approximate surface area is 127 Å². The first kappa shape index (κ1) is 15.6. The lowest BCUT2D eigenvalue weighted by Crippen LogP contribution is -2.02. The molecular weight excluding hydrogens is 258 g/mol. The quantitative estimate of drug-likeness (QED) is 0.908. The SMILES string of the molecule is COc1ccc(-c2c(C)c(C)c(C)c(C)c2C)cc1CN. The molecule has 2 aromatic carbocycles. The molecule has 0 aliphatic heterocycles. The molecule has 0 heterocycles. The first-order valence-corrected chi connectivity index (χ1v) is 7.36.